The van der Waals surface area contributed by atoms with Crippen LogP contribution >= 0.6 is 0 Å². The number of H-pyrrole nitrogens is 2. The maximum Gasteiger partial charge on any atom is 0.111 e. The van der Waals surface area contributed by atoms with Gasteiger partial charge in [0.2, 0.25) is 0 Å². The summed E-state index contributed by atoms with van der Waals surface area (Å²) < 4.78 is 0. The molecular weight excluding hydrogens is 322 g/mol. The summed E-state index contributed by atoms with van der Waals surface area (Å²) in [6.45, 7) is 4.19. The van der Waals surface area contributed by atoms with Gasteiger partial charge in [0.15, 0.2) is 0 Å². The molecule has 0 aliphatic rings. The number of rotatable bonds is 3. The van der Waals surface area contributed by atoms with Crippen LogP contribution in [0.15, 0.2) is 30.5 Å². The van der Waals surface area contributed by atoms with Crippen molar-refractivity contribution in [2.75, 3.05) is 0 Å². The lowest BCUT2D eigenvalue weighted by molar-refractivity contribution is 1.00. The first kappa shape index (κ1) is 15.9. The van der Waals surface area contributed by atoms with Crippen LogP contribution in [0.5, 0.6) is 0 Å². The zero-order valence-electron chi connectivity index (χ0n) is 14.6. The predicted octanol–water partition coefficient (Wildman–Crippen LogP) is 4.25. The van der Waals surface area contributed by atoms with Gasteiger partial charge in [-0.25, -0.2) is 4.98 Å². The molecule has 0 radical (unpaired) electrons. The van der Waals surface area contributed by atoms with Crippen LogP contribution in [0, 0.1) is 29.6 Å². The van der Waals surface area contributed by atoms with Gasteiger partial charge in [0, 0.05) is 18.0 Å². The first-order chi connectivity index (χ1) is 12.6. The average molecular weight is 339 g/mol. The van der Waals surface area contributed by atoms with E-state index in [0.29, 0.717) is 17.5 Å². The van der Waals surface area contributed by atoms with Gasteiger partial charge in [-0.2, -0.15) is 10.5 Å². The summed E-state index contributed by atoms with van der Waals surface area (Å²) in [7, 11) is 0. The van der Waals surface area contributed by atoms with E-state index in [-0.39, 0.29) is 0 Å². The largest absolute Gasteiger partial charge is 0.360 e. The highest BCUT2D eigenvalue weighted by Gasteiger charge is 2.16. The number of imidazole rings is 1. The van der Waals surface area contributed by atoms with Crippen LogP contribution in [-0.2, 0) is 12.8 Å². The lowest BCUT2D eigenvalue weighted by Gasteiger charge is -2.11. The van der Waals surface area contributed by atoms with E-state index in [1.165, 1.54) is 5.56 Å². The third-order valence-corrected chi connectivity index (χ3v) is 4.86. The van der Waals surface area contributed by atoms with Gasteiger partial charge in [-0.1, -0.05) is 13.0 Å². The number of aryl methyl sites for hydroxylation is 2. The minimum Gasteiger partial charge on any atom is -0.360 e. The number of nitrogens with zero attached hydrogens (tertiary/aromatic N) is 3. The maximum atomic E-state index is 9.52. The third-order valence-electron chi connectivity index (χ3n) is 4.86. The number of hydrogen-bond acceptors (Lipinski definition) is 3. The number of benzene rings is 2. The molecule has 0 aliphatic heterocycles. The van der Waals surface area contributed by atoms with Crippen LogP contribution in [0.1, 0.15) is 40.6 Å². The molecular formula is C21H17N5. The van der Waals surface area contributed by atoms with Crippen molar-refractivity contribution in [1.82, 2.24) is 15.0 Å². The van der Waals surface area contributed by atoms with Gasteiger partial charge in [0.05, 0.1) is 33.7 Å². The molecule has 126 valence electrons. The van der Waals surface area contributed by atoms with Gasteiger partial charge >= 0.3 is 0 Å². The normalized spacial score (nSPS) is 10.9. The molecule has 0 saturated carbocycles. The summed E-state index contributed by atoms with van der Waals surface area (Å²) in [5.41, 5.74) is 7.48. The number of aromatic amines is 2. The van der Waals surface area contributed by atoms with Crippen molar-refractivity contribution in [3.05, 3.63) is 64.1 Å². The lowest BCUT2D eigenvalue weighted by atomic mass is 9.93. The fourth-order valence-electron chi connectivity index (χ4n) is 3.62. The van der Waals surface area contributed by atoms with Crippen LogP contribution in [0.3, 0.4) is 0 Å². The molecule has 0 spiro atoms. The number of hydrogen-bond donors (Lipinski definition) is 2. The van der Waals surface area contributed by atoms with Gasteiger partial charge in [-0.15, -0.1) is 0 Å². The SMILES string of the molecule is CCc1cc(C)c2[nH]cc(C#N)c2c1Cc1nc2ccc(C#N)cc2[nH]1. The van der Waals surface area contributed by atoms with Gasteiger partial charge in [-0.3, -0.25) is 0 Å². The minimum absolute atomic E-state index is 0.608. The van der Waals surface area contributed by atoms with Gasteiger partial charge in [0.25, 0.3) is 0 Å². The molecule has 2 aromatic carbocycles. The molecule has 0 fully saturated rings. The Bertz CT molecular complexity index is 1230. The van der Waals surface area contributed by atoms with Crippen LogP contribution in [0.4, 0.5) is 0 Å². The van der Waals surface area contributed by atoms with Crippen molar-refractivity contribution in [2.24, 2.45) is 0 Å². The number of nitriles is 2. The van der Waals surface area contributed by atoms with Gasteiger partial charge in [-0.05, 0) is 48.2 Å². The summed E-state index contributed by atoms with van der Waals surface area (Å²) in [6.07, 6.45) is 3.28. The minimum atomic E-state index is 0.608. The van der Waals surface area contributed by atoms with Crippen molar-refractivity contribution < 1.29 is 0 Å². The van der Waals surface area contributed by atoms with E-state index in [4.69, 9.17) is 5.26 Å². The monoisotopic (exact) mass is 339 g/mol. The highest BCUT2D eigenvalue weighted by molar-refractivity contribution is 5.92. The molecule has 4 rings (SSSR count). The van der Waals surface area contributed by atoms with Crippen LogP contribution in [0.25, 0.3) is 21.9 Å². The van der Waals surface area contributed by atoms with Crippen molar-refractivity contribution >= 4 is 21.9 Å². The average Bonchev–Trinajstić information content (AvgIpc) is 3.26. The van der Waals surface area contributed by atoms with E-state index in [1.54, 1.807) is 12.3 Å². The van der Waals surface area contributed by atoms with Crippen molar-refractivity contribution in [1.29, 1.82) is 10.5 Å². The van der Waals surface area contributed by atoms with Crippen molar-refractivity contribution in [3.63, 3.8) is 0 Å². The molecule has 0 atom stereocenters. The second-order valence-corrected chi connectivity index (χ2v) is 6.45. The maximum absolute atomic E-state index is 9.52. The molecule has 2 heterocycles. The fourth-order valence-corrected chi connectivity index (χ4v) is 3.62. The van der Waals surface area contributed by atoms with Crippen LogP contribution in [0.2, 0.25) is 0 Å². The molecule has 5 nitrogen and oxygen atoms in total. The van der Waals surface area contributed by atoms with E-state index < -0.39 is 0 Å². The molecule has 2 aromatic heterocycles. The first-order valence-electron chi connectivity index (χ1n) is 8.55. The standard InChI is InChI=1S/C21H17N5/c1-3-14-6-12(2)21-20(15(10-23)11-24-21)16(14)8-19-25-17-5-4-13(9-22)7-18(17)26-19/h4-7,11,24H,3,8H2,1-2H3,(H,25,26). The highest BCUT2D eigenvalue weighted by atomic mass is 14.9. The number of aromatic nitrogens is 3. The zero-order chi connectivity index (χ0) is 18.3. The fraction of sp³-hybridized carbons (Fsp3) is 0.190. The lowest BCUT2D eigenvalue weighted by Crippen LogP contribution is -1.99. The summed E-state index contributed by atoms with van der Waals surface area (Å²) >= 11 is 0. The molecule has 0 saturated heterocycles. The number of nitrogens with one attached hydrogen (secondary N) is 2. The predicted molar refractivity (Wildman–Crippen MR) is 101 cm³/mol. The molecule has 0 amide bonds. The topological polar surface area (TPSA) is 92.0 Å². The van der Waals surface area contributed by atoms with E-state index in [9.17, 15) is 5.26 Å². The number of fused-ring (bicyclic) bond motifs is 2. The zero-order valence-corrected chi connectivity index (χ0v) is 14.6. The summed E-state index contributed by atoms with van der Waals surface area (Å²) in [5, 5.41) is 19.6. The van der Waals surface area contributed by atoms with E-state index in [1.807, 2.05) is 12.1 Å². The van der Waals surface area contributed by atoms with Crippen LogP contribution in [-0.4, -0.2) is 15.0 Å². The Morgan fingerprint density at radius 2 is 2.00 bits per heavy atom. The molecule has 0 aliphatic carbocycles. The molecule has 26 heavy (non-hydrogen) atoms. The van der Waals surface area contributed by atoms with Gasteiger partial charge in [0.1, 0.15) is 11.9 Å². The van der Waals surface area contributed by atoms with Crippen molar-refractivity contribution in [3.8, 4) is 12.1 Å². The third kappa shape index (κ3) is 2.42. The van der Waals surface area contributed by atoms with E-state index in [2.05, 4.69) is 47.0 Å². The molecule has 5 heteroatoms. The first-order valence-corrected chi connectivity index (χ1v) is 8.55. The Morgan fingerprint density at radius 3 is 2.73 bits per heavy atom. The summed E-state index contributed by atoms with van der Waals surface area (Å²) in [5.74, 6) is 0.833. The highest BCUT2D eigenvalue weighted by Crippen LogP contribution is 2.30. The Labute approximate surface area is 150 Å². The van der Waals surface area contributed by atoms with E-state index >= 15 is 0 Å². The Morgan fingerprint density at radius 1 is 1.15 bits per heavy atom. The Hall–Kier alpha value is -3.57. The molecule has 4 aromatic rings. The Balaban J connectivity index is 1.89. The van der Waals surface area contributed by atoms with E-state index in [0.717, 1.165) is 45.3 Å². The smallest absolute Gasteiger partial charge is 0.111 e. The molecule has 0 bridgehead atoms. The summed E-state index contributed by atoms with van der Waals surface area (Å²) in [4.78, 5) is 11.2. The second kappa shape index (κ2) is 6.06. The molecule has 2 N–H and O–H groups in total. The Kier molecular flexibility index (Phi) is 3.71. The summed E-state index contributed by atoms with van der Waals surface area (Å²) in [6, 6.07) is 12.1. The second-order valence-electron chi connectivity index (χ2n) is 6.45. The van der Waals surface area contributed by atoms with Crippen molar-refractivity contribution in [2.45, 2.75) is 26.7 Å². The molecule has 0 unspecified atom stereocenters. The quantitative estimate of drug-likeness (QED) is 0.584. The van der Waals surface area contributed by atoms with Gasteiger partial charge < -0.3 is 9.97 Å². The van der Waals surface area contributed by atoms with Crippen LogP contribution < -0.4 is 0 Å².